The Bertz CT molecular complexity index is 918. The second kappa shape index (κ2) is 6.24. The van der Waals surface area contributed by atoms with Crippen molar-refractivity contribution in [3.63, 3.8) is 0 Å². The minimum atomic E-state index is -0.325. The van der Waals surface area contributed by atoms with Crippen LogP contribution in [0.5, 0.6) is 5.75 Å². The van der Waals surface area contributed by atoms with E-state index in [-0.39, 0.29) is 17.8 Å². The van der Waals surface area contributed by atoms with E-state index < -0.39 is 0 Å². The van der Waals surface area contributed by atoms with Gasteiger partial charge < -0.3 is 14.5 Å². The Balaban J connectivity index is 2.08. The van der Waals surface area contributed by atoms with Crippen LogP contribution >= 0.6 is 34.5 Å². The number of rotatable bonds is 0. The number of pyridine rings is 1. The van der Waals surface area contributed by atoms with E-state index in [1.54, 1.807) is 0 Å². The fourth-order valence-electron chi connectivity index (χ4n) is 3.92. The molecule has 9 heteroatoms. The first kappa shape index (κ1) is 17.3. The van der Waals surface area contributed by atoms with E-state index in [0.29, 0.717) is 34.5 Å². The van der Waals surface area contributed by atoms with Crippen LogP contribution in [0.1, 0.15) is 19.0 Å². The van der Waals surface area contributed by atoms with Crippen molar-refractivity contribution in [1.82, 2.24) is 17.6 Å². The Hall–Kier alpha value is -1.13. The van der Waals surface area contributed by atoms with Crippen LogP contribution in [0.15, 0.2) is 4.79 Å². The Kier molecular flexibility index (Phi) is 4.32. The number of likely N-dealkylation sites (N-methyl/N-ethyl adjacent to an activating group) is 1. The lowest BCUT2D eigenvalue weighted by Gasteiger charge is -2.46. The zero-order valence-electron chi connectivity index (χ0n) is 14.3. The van der Waals surface area contributed by atoms with Gasteiger partial charge in [0.15, 0.2) is 11.4 Å². The third-order valence-electron chi connectivity index (χ3n) is 4.93. The van der Waals surface area contributed by atoms with Crippen molar-refractivity contribution in [3.05, 3.63) is 21.2 Å². The van der Waals surface area contributed by atoms with Gasteiger partial charge in [0.2, 0.25) is 0 Å². The molecule has 2 aliphatic rings. The molecule has 134 valence electrons. The van der Waals surface area contributed by atoms with Crippen LogP contribution in [0.3, 0.4) is 0 Å². The van der Waals surface area contributed by atoms with Gasteiger partial charge in [-0.15, -0.1) is 0 Å². The lowest BCUT2D eigenvalue weighted by molar-refractivity contribution is 0.201. The molecule has 0 radical (unpaired) electrons. The van der Waals surface area contributed by atoms with E-state index in [2.05, 4.69) is 33.7 Å². The topological polar surface area (TPSA) is 63.5 Å². The molecule has 1 fully saturated rings. The summed E-state index contributed by atoms with van der Waals surface area (Å²) in [6.07, 6.45) is 0.850. The second-order valence-electron chi connectivity index (χ2n) is 6.81. The van der Waals surface area contributed by atoms with Gasteiger partial charge in [-0.05, 0) is 20.9 Å². The number of hydrogen-bond acceptors (Lipinski definition) is 6. The highest BCUT2D eigenvalue weighted by Crippen LogP contribution is 2.42. The molecule has 2 aromatic rings. The van der Waals surface area contributed by atoms with Crippen LogP contribution in [0.4, 0.5) is 5.82 Å². The average molecular weight is 476 g/mol. The first-order valence-corrected chi connectivity index (χ1v) is 9.61. The molecule has 4 heterocycles. The Labute approximate surface area is 164 Å². The highest BCUT2D eigenvalue weighted by atomic mass is 127. The molecular weight excluding hydrogens is 457 g/mol. The van der Waals surface area contributed by atoms with Gasteiger partial charge in [-0.1, -0.05) is 11.6 Å². The minimum absolute atomic E-state index is 0.231. The van der Waals surface area contributed by atoms with Crippen molar-refractivity contribution in [2.75, 3.05) is 31.6 Å². The monoisotopic (exact) mass is 475 g/mol. The molecular formula is C16H19ClIN5O2. The number of piperazine rings is 1. The quantitative estimate of drug-likeness (QED) is 0.545. The summed E-state index contributed by atoms with van der Waals surface area (Å²) < 4.78 is 7.49. The van der Waals surface area contributed by atoms with E-state index in [9.17, 15) is 4.79 Å². The number of aromatic nitrogens is 3. The highest BCUT2D eigenvalue weighted by molar-refractivity contribution is 14.1. The van der Waals surface area contributed by atoms with Crippen LogP contribution < -0.4 is 15.3 Å². The fraction of sp³-hybridized carbons (Fsp3) is 0.562. The lowest BCUT2D eigenvalue weighted by Crippen LogP contribution is -2.58. The molecule has 4 rings (SSSR count). The molecule has 2 atom stereocenters. The van der Waals surface area contributed by atoms with Crippen molar-refractivity contribution in [2.24, 2.45) is 0 Å². The van der Waals surface area contributed by atoms with E-state index in [1.165, 1.54) is 2.78 Å². The van der Waals surface area contributed by atoms with Gasteiger partial charge in [0, 0.05) is 31.6 Å². The highest BCUT2D eigenvalue weighted by Gasteiger charge is 2.36. The SMILES string of the molecule is Cc1nc2c3c(nc(=O)n2I)N2C(C)CN(C)CC2CCOc3c1Cl. The number of halogens is 2. The van der Waals surface area contributed by atoms with Gasteiger partial charge in [-0.3, -0.25) is 0 Å². The van der Waals surface area contributed by atoms with Crippen molar-refractivity contribution in [2.45, 2.75) is 32.4 Å². The Morgan fingerprint density at radius 3 is 2.84 bits per heavy atom. The molecule has 0 saturated carbocycles. The fourth-order valence-corrected chi connectivity index (χ4v) is 4.56. The number of aryl methyl sites for hydroxylation is 1. The number of hydrogen-bond donors (Lipinski definition) is 0. The predicted octanol–water partition coefficient (Wildman–Crippen LogP) is 2.24. The van der Waals surface area contributed by atoms with Crippen molar-refractivity contribution in [1.29, 1.82) is 0 Å². The zero-order valence-corrected chi connectivity index (χ0v) is 17.2. The molecule has 0 N–H and O–H groups in total. The van der Waals surface area contributed by atoms with E-state index in [1.807, 2.05) is 29.8 Å². The maximum Gasteiger partial charge on any atom is 0.360 e. The first-order valence-electron chi connectivity index (χ1n) is 8.27. The van der Waals surface area contributed by atoms with Gasteiger partial charge in [-0.2, -0.15) is 4.98 Å². The van der Waals surface area contributed by atoms with Crippen LogP contribution in [0.25, 0.3) is 11.0 Å². The molecule has 0 aromatic carbocycles. The van der Waals surface area contributed by atoms with Crippen molar-refractivity contribution < 1.29 is 4.74 Å². The molecule has 7 nitrogen and oxygen atoms in total. The average Bonchev–Trinajstić information content (AvgIpc) is 2.53. The van der Waals surface area contributed by atoms with Crippen LogP contribution in [-0.4, -0.2) is 56.5 Å². The molecule has 0 spiro atoms. The van der Waals surface area contributed by atoms with Gasteiger partial charge in [0.25, 0.3) is 0 Å². The number of nitrogens with zero attached hydrogens (tertiary/aromatic N) is 5. The summed E-state index contributed by atoms with van der Waals surface area (Å²) in [5, 5.41) is 1.22. The maximum atomic E-state index is 12.5. The third kappa shape index (κ3) is 2.69. The summed E-state index contributed by atoms with van der Waals surface area (Å²) in [7, 11) is 2.12. The summed E-state index contributed by atoms with van der Waals surface area (Å²) in [6, 6.07) is 0.470. The normalized spacial score (nSPS) is 23.8. The molecule has 2 aliphatic heterocycles. The minimum Gasteiger partial charge on any atom is -0.491 e. The molecule has 0 amide bonds. The smallest absolute Gasteiger partial charge is 0.360 e. The summed E-state index contributed by atoms with van der Waals surface area (Å²) in [5.41, 5.74) is 0.877. The zero-order chi connectivity index (χ0) is 17.9. The van der Waals surface area contributed by atoms with Gasteiger partial charge in [0.05, 0.1) is 35.2 Å². The van der Waals surface area contributed by atoms with Crippen LogP contribution in [-0.2, 0) is 0 Å². The summed E-state index contributed by atoms with van der Waals surface area (Å²) in [5.74, 6) is 1.23. The van der Waals surface area contributed by atoms with E-state index >= 15 is 0 Å². The number of ether oxygens (including phenoxy) is 1. The summed E-state index contributed by atoms with van der Waals surface area (Å²) in [6.45, 7) is 6.38. The summed E-state index contributed by atoms with van der Waals surface area (Å²) >= 11 is 8.44. The number of anilines is 1. The Morgan fingerprint density at radius 1 is 1.32 bits per heavy atom. The standard InChI is InChI=1S/C16H19ClIN5O2/c1-8-6-21(3)7-10-4-5-25-13-11-14(22(8)10)20-16(24)23(18)15(11)19-9(2)12(13)17/h8,10H,4-7H2,1-3H3. The van der Waals surface area contributed by atoms with Crippen molar-refractivity contribution >= 4 is 51.3 Å². The van der Waals surface area contributed by atoms with Gasteiger partial charge >= 0.3 is 5.69 Å². The van der Waals surface area contributed by atoms with Gasteiger partial charge in [-0.25, -0.2) is 12.6 Å². The first-order chi connectivity index (χ1) is 11.9. The van der Waals surface area contributed by atoms with Gasteiger partial charge in [0.1, 0.15) is 16.2 Å². The molecule has 25 heavy (non-hydrogen) atoms. The maximum absolute atomic E-state index is 12.5. The largest absolute Gasteiger partial charge is 0.491 e. The molecule has 0 aliphatic carbocycles. The molecule has 2 unspecified atom stereocenters. The summed E-state index contributed by atoms with van der Waals surface area (Å²) in [4.78, 5) is 26.0. The predicted molar refractivity (Wildman–Crippen MR) is 106 cm³/mol. The van der Waals surface area contributed by atoms with Crippen LogP contribution in [0, 0.1) is 6.92 Å². The second-order valence-corrected chi connectivity index (χ2v) is 8.15. The number of fused-ring (bicyclic) bond motifs is 2. The van der Waals surface area contributed by atoms with E-state index in [4.69, 9.17) is 16.3 Å². The Morgan fingerprint density at radius 2 is 2.08 bits per heavy atom. The van der Waals surface area contributed by atoms with Crippen LogP contribution in [0.2, 0.25) is 5.02 Å². The van der Waals surface area contributed by atoms with Crippen molar-refractivity contribution in [3.8, 4) is 5.75 Å². The molecule has 0 bridgehead atoms. The van der Waals surface area contributed by atoms with E-state index in [0.717, 1.165) is 24.9 Å². The third-order valence-corrected chi connectivity index (χ3v) is 6.24. The molecule has 2 aromatic heterocycles. The lowest BCUT2D eigenvalue weighted by atomic mass is 10.0. The molecule has 1 saturated heterocycles.